The molecule has 2 amide bonds. The lowest BCUT2D eigenvalue weighted by molar-refractivity contribution is -0.134. The number of hydrogen-bond donors (Lipinski definition) is 0. The number of rotatable bonds is 6. The molecule has 2 atom stereocenters. The van der Waals surface area contributed by atoms with E-state index < -0.39 is 5.91 Å². The van der Waals surface area contributed by atoms with Gasteiger partial charge in [0.25, 0.3) is 5.91 Å². The Balaban J connectivity index is 1.22. The summed E-state index contributed by atoms with van der Waals surface area (Å²) in [6.45, 7) is 3.71. The summed E-state index contributed by atoms with van der Waals surface area (Å²) in [4.78, 5) is 35.5. The molecule has 0 N–H and O–H groups in total. The van der Waals surface area contributed by atoms with Gasteiger partial charge in [0.05, 0.1) is 16.0 Å². The number of carbonyl (C=O) groups excluding carboxylic acids is 2. The van der Waals surface area contributed by atoms with Crippen molar-refractivity contribution in [3.8, 4) is 0 Å². The van der Waals surface area contributed by atoms with E-state index in [-0.39, 0.29) is 17.7 Å². The van der Waals surface area contributed by atoms with E-state index >= 15 is 0 Å². The van der Waals surface area contributed by atoms with Crippen molar-refractivity contribution in [3.63, 3.8) is 0 Å². The van der Waals surface area contributed by atoms with Gasteiger partial charge in [-0.15, -0.1) is 0 Å². The van der Waals surface area contributed by atoms with Gasteiger partial charge in [-0.25, -0.2) is 4.99 Å². The molecule has 2 saturated heterocycles. The van der Waals surface area contributed by atoms with Gasteiger partial charge in [-0.3, -0.25) is 14.5 Å². The molecule has 3 fully saturated rings. The van der Waals surface area contributed by atoms with Crippen molar-refractivity contribution < 1.29 is 9.59 Å². The van der Waals surface area contributed by atoms with Crippen molar-refractivity contribution in [2.75, 3.05) is 26.2 Å². The zero-order chi connectivity index (χ0) is 26.5. The molecule has 0 radical (unpaired) electrons. The number of benzene rings is 2. The number of carbonyl (C=O) groups is 2. The van der Waals surface area contributed by atoms with Gasteiger partial charge in [0.2, 0.25) is 5.91 Å². The van der Waals surface area contributed by atoms with E-state index in [1.165, 1.54) is 30.9 Å². The fourth-order valence-electron chi connectivity index (χ4n) is 6.51. The lowest BCUT2D eigenvalue weighted by atomic mass is 9.80. The maximum atomic E-state index is 13.8. The van der Waals surface area contributed by atoms with Gasteiger partial charge in [0, 0.05) is 30.9 Å². The normalized spacial score (nSPS) is 22.7. The molecule has 1 aliphatic carbocycles. The maximum Gasteiger partial charge on any atom is 0.276 e. The van der Waals surface area contributed by atoms with E-state index in [1.807, 2.05) is 4.90 Å². The van der Waals surface area contributed by atoms with Crippen molar-refractivity contribution in [1.29, 1.82) is 0 Å². The predicted molar refractivity (Wildman–Crippen MR) is 154 cm³/mol. The van der Waals surface area contributed by atoms with Gasteiger partial charge in [-0.2, -0.15) is 0 Å². The smallest absolute Gasteiger partial charge is 0.276 e. The third-order valence-electron chi connectivity index (χ3n) is 8.75. The lowest BCUT2D eigenvalue weighted by Crippen LogP contribution is -2.44. The third-order valence-corrected chi connectivity index (χ3v) is 9.49. The summed E-state index contributed by atoms with van der Waals surface area (Å²) in [6.07, 6.45) is 10.5. The molecular weight excluding hydrogens is 517 g/mol. The van der Waals surface area contributed by atoms with Crippen LogP contribution in [0.2, 0.25) is 10.0 Å². The van der Waals surface area contributed by atoms with E-state index in [9.17, 15) is 9.59 Å². The molecule has 0 bridgehead atoms. The summed E-state index contributed by atoms with van der Waals surface area (Å²) < 4.78 is 0. The first-order valence-electron chi connectivity index (χ1n) is 14.1. The SMILES string of the molecule is O=C(N=CC(C(=O)N1CCC(N2CCC(c3ccccc3)CC2)C1)C1CCCCC1)c1ccc(Cl)c(Cl)c1. The average molecular weight is 555 g/mol. The van der Waals surface area contributed by atoms with Crippen molar-refractivity contribution >= 4 is 41.2 Å². The number of halogens is 2. The molecule has 0 spiro atoms. The molecule has 2 aliphatic heterocycles. The first-order valence-corrected chi connectivity index (χ1v) is 14.9. The van der Waals surface area contributed by atoms with Crippen LogP contribution in [0.25, 0.3) is 0 Å². The van der Waals surface area contributed by atoms with Crippen molar-refractivity contribution in [3.05, 3.63) is 69.7 Å². The van der Waals surface area contributed by atoms with Crippen LogP contribution in [0.3, 0.4) is 0 Å². The van der Waals surface area contributed by atoms with Crippen LogP contribution >= 0.6 is 23.2 Å². The number of nitrogens with zero attached hydrogens (tertiary/aromatic N) is 3. The Morgan fingerprint density at radius 3 is 2.32 bits per heavy atom. The average Bonchev–Trinajstić information content (AvgIpc) is 3.46. The molecule has 2 aromatic rings. The maximum absolute atomic E-state index is 13.8. The number of hydrogen-bond acceptors (Lipinski definition) is 3. The van der Waals surface area contributed by atoms with Gasteiger partial charge >= 0.3 is 0 Å². The summed E-state index contributed by atoms with van der Waals surface area (Å²) in [7, 11) is 0. The monoisotopic (exact) mass is 553 g/mol. The third kappa shape index (κ3) is 6.50. The Morgan fingerprint density at radius 2 is 1.61 bits per heavy atom. The topological polar surface area (TPSA) is 53.0 Å². The largest absolute Gasteiger partial charge is 0.340 e. The van der Waals surface area contributed by atoms with Crippen LogP contribution in [0.1, 0.15) is 73.2 Å². The molecule has 1 saturated carbocycles. The molecule has 38 heavy (non-hydrogen) atoms. The van der Waals surface area contributed by atoms with E-state index in [0.717, 1.165) is 58.3 Å². The number of likely N-dealkylation sites (tertiary alicyclic amines) is 2. The Kier molecular flexibility index (Phi) is 9.19. The van der Waals surface area contributed by atoms with Gasteiger partial charge in [-0.1, -0.05) is 72.8 Å². The second-order valence-corrected chi connectivity index (χ2v) is 11.9. The number of amides is 2. The molecule has 2 aromatic carbocycles. The van der Waals surface area contributed by atoms with Crippen LogP contribution in [-0.4, -0.2) is 60.0 Å². The first kappa shape index (κ1) is 27.4. The lowest BCUT2D eigenvalue weighted by Gasteiger charge is -2.36. The van der Waals surface area contributed by atoms with Gasteiger partial charge in [-0.05, 0) is 80.8 Å². The molecule has 0 aromatic heterocycles. The van der Waals surface area contributed by atoms with E-state index in [2.05, 4.69) is 40.2 Å². The van der Waals surface area contributed by atoms with Gasteiger partial charge < -0.3 is 4.90 Å². The highest BCUT2D eigenvalue weighted by Gasteiger charge is 2.37. The highest BCUT2D eigenvalue weighted by atomic mass is 35.5. The molecular formula is C31H37Cl2N3O2. The Labute approximate surface area is 236 Å². The molecule has 5 rings (SSSR count). The highest BCUT2D eigenvalue weighted by Crippen LogP contribution is 2.33. The van der Waals surface area contributed by atoms with Crippen LogP contribution in [0.5, 0.6) is 0 Å². The molecule has 2 unspecified atom stereocenters. The van der Waals surface area contributed by atoms with Crippen molar-refractivity contribution in [2.24, 2.45) is 16.8 Å². The van der Waals surface area contributed by atoms with E-state index in [4.69, 9.17) is 23.2 Å². The van der Waals surface area contributed by atoms with Crippen LogP contribution in [0.15, 0.2) is 53.5 Å². The molecule has 2 heterocycles. The number of piperidine rings is 1. The zero-order valence-electron chi connectivity index (χ0n) is 21.9. The minimum atomic E-state index is -0.391. The second kappa shape index (κ2) is 12.8. The second-order valence-electron chi connectivity index (χ2n) is 11.1. The van der Waals surface area contributed by atoms with Gasteiger partial charge in [0.15, 0.2) is 0 Å². The Morgan fingerprint density at radius 1 is 0.868 bits per heavy atom. The number of aliphatic imine (C=N–C) groups is 1. The Bertz CT molecular complexity index is 1140. The fourth-order valence-corrected chi connectivity index (χ4v) is 6.80. The fraction of sp³-hybridized carbons (Fsp3) is 0.516. The quantitative estimate of drug-likeness (QED) is 0.366. The summed E-state index contributed by atoms with van der Waals surface area (Å²) in [5.41, 5.74) is 1.83. The van der Waals surface area contributed by atoms with Crippen LogP contribution in [0.4, 0.5) is 0 Å². The minimum Gasteiger partial charge on any atom is -0.340 e. The first-order chi connectivity index (χ1) is 18.5. The standard InChI is InChI=1S/C31H37Cl2N3O2/c32-28-12-11-25(19-29(28)33)30(37)34-20-27(24-9-5-2-6-10-24)31(38)36-18-15-26(21-36)35-16-13-23(14-17-35)22-7-3-1-4-8-22/h1,3-4,7-8,11-12,19-20,23-24,26-27H,2,5-6,9-10,13-18,21H2. The summed E-state index contributed by atoms with van der Waals surface area (Å²) in [5, 5.41) is 0.721. The summed E-state index contributed by atoms with van der Waals surface area (Å²) in [6, 6.07) is 16.0. The Hall–Kier alpha value is -2.21. The molecule has 3 aliphatic rings. The molecule has 5 nitrogen and oxygen atoms in total. The van der Waals surface area contributed by atoms with Gasteiger partial charge in [0.1, 0.15) is 0 Å². The van der Waals surface area contributed by atoms with Crippen molar-refractivity contribution in [1.82, 2.24) is 9.80 Å². The minimum absolute atomic E-state index is 0.129. The summed E-state index contributed by atoms with van der Waals surface area (Å²) >= 11 is 12.1. The van der Waals surface area contributed by atoms with E-state index in [1.54, 1.807) is 18.3 Å². The van der Waals surface area contributed by atoms with E-state index in [0.29, 0.717) is 27.6 Å². The van der Waals surface area contributed by atoms with Crippen LogP contribution < -0.4 is 0 Å². The van der Waals surface area contributed by atoms with Crippen molar-refractivity contribution in [2.45, 2.75) is 63.3 Å². The molecule has 202 valence electrons. The zero-order valence-corrected chi connectivity index (χ0v) is 23.4. The predicted octanol–water partition coefficient (Wildman–Crippen LogP) is 6.88. The molecule has 7 heteroatoms. The summed E-state index contributed by atoms with van der Waals surface area (Å²) in [5.74, 6) is 0.250. The van der Waals surface area contributed by atoms with Crippen LogP contribution in [0, 0.1) is 11.8 Å². The van der Waals surface area contributed by atoms with Crippen LogP contribution in [-0.2, 0) is 4.79 Å². The highest BCUT2D eigenvalue weighted by molar-refractivity contribution is 6.42.